The molecule has 1 aromatic heterocycles. The van der Waals surface area contributed by atoms with Crippen molar-refractivity contribution in [3.05, 3.63) is 122 Å². The molecule has 3 aromatic carbocycles. The number of nitriles is 1. The van der Waals surface area contributed by atoms with Crippen molar-refractivity contribution >= 4 is 22.9 Å². The lowest BCUT2D eigenvalue weighted by molar-refractivity contribution is -0.139. The number of aromatic nitrogens is 3. The van der Waals surface area contributed by atoms with Crippen LogP contribution in [0.1, 0.15) is 75.1 Å². The summed E-state index contributed by atoms with van der Waals surface area (Å²) in [5.41, 5.74) is -5.23. The van der Waals surface area contributed by atoms with Crippen molar-refractivity contribution in [3.63, 3.8) is 0 Å². The van der Waals surface area contributed by atoms with Gasteiger partial charge in [0.1, 0.15) is 34.2 Å². The number of carbonyl (C=O) groups is 3. The number of ether oxygens (including phenoxy) is 1. The molecule has 4 atom stereocenters. The molecule has 4 aliphatic rings. The second-order valence-corrected chi connectivity index (χ2v) is 14.6. The Balaban J connectivity index is 1.58. The Kier molecular flexibility index (Phi) is 7.00. The van der Waals surface area contributed by atoms with Gasteiger partial charge < -0.3 is 9.84 Å². The average molecular weight is 685 g/mol. The highest BCUT2D eigenvalue weighted by molar-refractivity contribution is 6.12. The van der Waals surface area contributed by atoms with E-state index in [4.69, 9.17) is 4.74 Å². The van der Waals surface area contributed by atoms with Crippen LogP contribution in [0, 0.1) is 22.2 Å². The van der Waals surface area contributed by atoms with Gasteiger partial charge in [-0.15, -0.1) is 0 Å². The number of aliphatic hydroxyl groups is 1. The maximum Gasteiger partial charge on any atom is 0.353 e. The summed E-state index contributed by atoms with van der Waals surface area (Å²) in [6.45, 7) is 3.32. The van der Waals surface area contributed by atoms with Gasteiger partial charge in [0.15, 0.2) is 0 Å². The maximum atomic E-state index is 15.2. The van der Waals surface area contributed by atoms with Gasteiger partial charge in [-0.25, -0.2) is 23.5 Å². The molecule has 0 bridgehead atoms. The van der Waals surface area contributed by atoms with E-state index < -0.39 is 39.4 Å². The lowest BCUT2D eigenvalue weighted by Gasteiger charge is -2.50. The molecule has 3 fully saturated rings. The fraction of sp³-hybridized carbons (Fsp3) is 0.350. The van der Waals surface area contributed by atoms with Crippen LogP contribution >= 0.6 is 0 Å². The second kappa shape index (κ2) is 10.9. The number of para-hydroxylation sites is 1. The Morgan fingerprint density at radius 1 is 0.843 bits per heavy atom. The lowest BCUT2D eigenvalue weighted by atomic mass is 9.66. The van der Waals surface area contributed by atoms with Gasteiger partial charge in [-0.2, -0.15) is 5.26 Å². The highest BCUT2D eigenvalue weighted by Gasteiger charge is 2.77. The van der Waals surface area contributed by atoms with E-state index in [1.165, 1.54) is 16.5 Å². The van der Waals surface area contributed by atoms with Crippen LogP contribution in [0.15, 0.2) is 94.0 Å². The smallest absolute Gasteiger partial charge is 0.353 e. The van der Waals surface area contributed by atoms with Gasteiger partial charge in [0.05, 0.1) is 41.3 Å². The van der Waals surface area contributed by atoms with E-state index >= 15 is 9.59 Å². The Morgan fingerprint density at radius 2 is 1.49 bits per heavy atom. The highest BCUT2D eigenvalue weighted by Crippen LogP contribution is 2.69. The van der Waals surface area contributed by atoms with Crippen LogP contribution in [0.4, 0.5) is 0 Å². The number of hydrogen-bond donors (Lipinski definition) is 1. The van der Waals surface area contributed by atoms with Crippen molar-refractivity contribution in [2.75, 3.05) is 7.11 Å². The van der Waals surface area contributed by atoms with Crippen molar-refractivity contribution < 1.29 is 24.2 Å². The molecule has 1 aliphatic heterocycles. The zero-order valence-electron chi connectivity index (χ0n) is 28.5. The summed E-state index contributed by atoms with van der Waals surface area (Å²) in [5.74, 6) is -0.155. The maximum absolute atomic E-state index is 15.2. The number of Topliss-reactive ketones (excluding diaryl/α,β-unsaturated/α-hetero) is 3. The molecule has 51 heavy (non-hydrogen) atoms. The van der Waals surface area contributed by atoms with E-state index in [1.807, 2.05) is 0 Å². The molecule has 11 nitrogen and oxygen atoms in total. The van der Waals surface area contributed by atoms with Crippen molar-refractivity contribution in [2.45, 2.75) is 69.6 Å². The molecular formula is C40H36N4O7. The van der Waals surface area contributed by atoms with Crippen LogP contribution in [0.5, 0.6) is 5.75 Å². The Labute approximate surface area is 293 Å². The highest BCUT2D eigenvalue weighted by atomic mass is 16.5. The van der Waals surface area contributed by atoms with Crippen LogP contribution in [0.2, 0.25) is 0 Å². The predicted molar refractivity (Wildman–Crippen MR) is 185 cm³/mol. The van der Waals surface area contributed by atoms with E-state index in [9.17, 15) is 24.8 Å². The zero-order valence-corrected chi connectivity index (χ0v) is 28.5. The van der Waals surface area contributed by atoms with E-state index in [0.29, 0.717) is 39.3 Å². The number of nitrogens with zero attached hydrogens (tertiary/aromatic N) is 4. The number of rotatable bonds is 6. The monoisotopic (exact) mass is 684 g/mol. The van der Waals surface area contributed by atoms with Crippen LogP contribution in [0.25, 0.3) is 11.3 Å². The third-order valence-electron chi connectivity index (χ3n) is 12.3. The summed E-state index contributed by atoms with van der Waals surface area (Å²) in [6, 6.07) is 23.2. The fourth-order valence-electron chi connectivity index (χ4n) is 9.58. The molecule has 2 heterocycles. The summed E-state index contributed by atoms with van der Waals surface area (Å²) in [4.78, 5) is 71.4. The largest absolute Gasteiger partial charge is 0.497 e. The van der Waals surface area contributed by atoms with Crippen LogP contribution < -0.4 is 16.1 Å². The molecule has 8 rings (SSSR count). The first kappa shape index (κ1) is 32.6. The molecule has 3 aliphatic carbocycles. The zero-order chi connectivity index (χ0) is 36.1. The number of benzene rings is 3. The Bertz CT molecular complexity index is 2340. The van der Waals surface area contributed by atoms with Gasteiger partial charge in [-0.1, -0.05) is 42.5 Å². The first-order valence-corrected chi connectivity index (χ1v) is 17.1. The number of ketones is 3. The topological polar surface area (TPSA) is 153 Å². The summed E-state index contributed by atoms with van der Waals surface area (Å²) in [5, 5.41) is 23.0. The second-order valence-electron chi connectivity index (χ2n) is 14.6. The lowest BCUT2D eigenvalue weighted by Crippen LogP contribution is -2.63. The van der Waals surface area contributed by atoms with Crippen LogP contribution in [-0.2, 0) is 19.9 Å². The molecule has 0 radical (unpaired) electrons. The fourth-order valence-corrected chi connectivity index (χ4v) is 9.58. The van der Waals surface area contributed by atoms with Crippen molar-refractivity contribution in [3.8, 4) is 17.5 Å². The molecule has 4 aromatic rings. The minimum absolute atomic E-state index is 0.00894. The third kappa shape index (κ3) is 3.99. The van der Waals surface area contributed by atoms with Crippen LogP contribution in [0.3, 0.4) is 0 Å². The van der Waals surface area contributed by atoms with E-state index in [0.717, 1.165) is 4.57 Å². The molecule has 11 heteroatoms. The van der Waals surface area contributed by atoms with Crippen molar-refractivity contribution in [2.24, 2.45) is 10.8 Å². The molecule has 258 valence electrons. The average Bonchev–Trinajstić information content (AvgIpc) is 3.72. The molecule has 3 saturated carbocycles. The van der Waals surface area contributed by atoms with Gasteiger partial charge in [-0.3, -0.25) is 14.4 Å². The van der Waals surface area contributed by atoms with Crippen molar-refractivity contribution in [1.29, 1.82) is 5.26 Å². The van der Waals surface area contributed by atoms with Gasteiger partial charge in [0.2, 0.25) is 0 Å². The molecule has 0 spiro atoms. The normalized spacial score (nSPS) is 27.7. The summed E-state index contributed by atoms with van der Waals surface area (Å²) >= 11 is 0. The summed E-state index contributed by atoms with van der Waals surface area (Å²) in [7, 11) is 1.52. The van der Waals surface area contributed by atoms with Gasteiger partial charge >= 0.3 is 11.4 Å². The standard InChI is InChI=1S/C40H36N4O7/c1-37(31(45)17-18-32(37)46)22-30-34(25-11-9-24(23-41)10-12-25)29-21-38(2)33(47)19-20-39(38,50)40(29,26-13-15-28(51-3)16-14-26)44-36(49)42(35(48)43(30)44)27-7-5-4-6-8-27/h4-16,30,50H,17-22H2,1-3H3/t30-,38+,39+,40-/m1/s1. The minimum Gasteiger partial charge on any atom is -0.497 e. The molecule has 0 unspecified atom stereocenters. The third-order valence-corrected chi connectivity index (χ3v) is 12.3. The number of carbonyl (C=O) groups excluding carboxylic acids is 3. The molecule has 0 saturated heterocycles. The van der Waals surface area contributed by atoms with E-state index in [1.54, 1.807) is 92.7 Å². The quantitative estimate of drug-likeness (QED) is 0.296. The number of allylic oxidation sites excluding steroid dienone is 1. The van der Waals surface area contributed by atoms with E-state index in [2.05, 4.69) is 6.07 Å². The summed E-state index contributed by atoms with van der Waals surface area (Å²) in [6.07, 6.45) is 0.112. The first-order valence-electron chi connectivity index (χ1n) is 17.1. The molecule has 0 amide bonds. The van der Waals surface area contributed by atoms with Crippen molar-refractivity contribution in [1.82, 2.24) is 13.9 Å². The van der Waals surface area contributed by atoms with Gasteiger partial charge in [0.25, 0.3) is 0 Å². The van der Waals surface area contributed by atoms with Crippen LogP contribution in [-0.4, -0.2) is 49.1 Å². The number of hydrogen-bond acceptors (Lipinski definition) is 8. The van der Waals surface area contributed by atoms with E-state index in [-0.39, 0.29) is 55.9 Å². The molecule has 1 N–H and O–H groups in total. The Hall–Kier alpha value is -5.60. The minimum atomic E-state index is -1.90. The summed E-state index contributed by atoms with van der Waals surface area (Å²) < 4.78 is 9.15. The Morgan fingerprint density at radius 3 is 2.10 bits per heavy atom. The first-order chi connectivity index (χ1) is 24.4. The molecular weight excluding hydrogens is 648 g/mol. The predicted octanol–water partition coefficient (Wildman–Crippen LogP) is 4.27. The SMILES string of the molecule is COc1ccc([C@]23C(=C(c4ccc(C#N)cc4)[C@@H](CC4(C)C(=O)CCC4=O)n4c(=O)n(-c5ccccc5)c(=O)n42)C[C@@]2(C)C(=O)CC[C@]23O)cc1. The number of fused-ring (bicyclic) bond motifs is 5. The van der Waals surface area contributed by atoms with Gasteiger partial charge in [-0.05, 0) is 91.8 Å². The number of methoxy groups -OCH3 is 1. The van der Waals surface area contributed by atoms with Gasteiger partial charge in [0, 0.05) is 19.3 Å².